The summed E-state index contributed by atoms with van der Waals surface area (Å²) in [5, 5.41) is 6.29. The molecule has 0 radical (unpaired) electrons. The molecule has 0 aromatic heterocycles. The van der Waals surface area contributed by atoms with Gasteiger partial charge in [0.1, 0.15) is 11.6 Å². The van der Waals surface area contributed by atoms with Crippen molar-refractivity contribution in [3.05, 3.63) is 29.6 Å². The summed E-state index contributed by atoms with van der Waals surface area (Å²) in [7, 11) is 0. The highest BCUT2D eigenvalue weighted by atomic mass is 19.3. The van der Waals surface area contributed by atoms with Crippen LogP contribution in [-0.4, -0.2) is 62.9 Å². The Morgan fingerprint density at radius 1 is 1.30 bits per heavy atom. The monoisotopic (exact) mass is 388 g/mol. The van der Waals surface area contributed by atoms with Gasteiger partial charge in [-0.2, -0.15) is 8.78 Å². The normalized spacial score (nSPS) is 17.0. The lowest BCUT2D eigenvalue weighted by molar-refractivity contribution is -0.0506. The molecule has 9 heteroatoms. The molecule has 1 saturated heterocycles. The van der Waals surface area contributed by atoms with Crippen molar-refractivity contribution in [2.75, 3.05) is 39.4 Å². The lowest BCUT2D eigenvalue weighted by Gasteiger charge is -2.32. The van der Waals surface area contributed by atoms with Crippen LogP contribution in [0.2, 0.25) is 0 Å². The van der Waals surface area contributed by atoms with Gasteiger partial charge in [0.15, 0.2) is 5.96 Å². The first-order chi connectivity index (χ1) is 13.0. The molecule has 0 saturated carbocycles. The maximum absolute atomic E-state index is 14.0. The average Bonchev–Trinajstić information content (AvgIpc) is 2.65. The maximum Gasteiger partial charge on any atom is 0.387 e. The smallest absolute Gasteiger partial charge is 0.387 e. The summed E-state index contributed by atoms with van der Waals surface area (Å²) in [6, 6.07) is 4.10. The van der Waals surface area contributed by atoms with Gasteiger partial charge in [-0.1, -0.05) is 6.07 Å². The lowest BCUT2D eigenvalue weighted by atomic mass is 10.2. The fourth-order valence-corrected chi connectivity index (χ4v) is 2.79. The minimum atomic E-state index is -3.02. The van der Waals surface area contributed by atoms with Gasteiger partial charge in [-0.05, 0) is 26.0 Å². The Kier molecular flexibility index (Phi) is 8.66. The molecule has 1 aromatic rings. The van der Waals surface area contributed by atoms with Gasteiger partial charge >= 0.3 is 6.61 Å². The van der Waals surface area contributed by atoms with Crippen molar-refractivity contribution in [2.24, 2.45) is 4.99 Å². The molecule has 6 nitrogen and oxygen atoms in total. The number of alkyl halides is 2. The number of benzene rings is 1. The molecule has 1 unspecified atom stereocenters. The van der Waals surface area contributed by atoms with Crippen molar-refractivity contribution in [1.29, 1.82) is 0 Å². The minimum Gasteiger partial charge on any atom is -0.434 e. The number of halogens is 3. The number of ether oxygens (including phenoxy) is 2. The summed E-state index contributed by atoms with van der Waals surface area (Å²) in [5.41, 5.74) is -0.00349. The first-order valence-electron chi connectivity index (χ1n) is 9.07. The number of guanidine groups is 1. The van der Waals surface area contributed by atoms with E-state index in [9.17, 15) is 13.2 Å². The molecule has 2 N–H and O–H groups in total. The summed E-state index contributed by atoms with van der Waals surface area (Å²) >= 11 is 0. The van der Waals surface area contributed by atoms with E-state index in [2.05, 4.69) is 32.2 Å². The minimum absolute atomic E-state index is 0.00349. The molecular formula is C18H27F3N4O2. The van der Waals surface area contributed by atoms with Crippen LogP contribution in [0.25, 0.3) is 0 Å². The predicted octanol–water partition coefficient (Wildman–Crippen LogP) is 2.20. The van der Waals surface area contributed by atoms with Crippen LogP contribution in [0.15, 0.2) is 23.2 Å². The molecule has 2 rings (SSSR count). The Morgan fingerprint density at radius 3 is 2.70 bits per heavy atom. The highest BCUT2D eigenvalue weighted by Crippen LogP contribution is 2.24. The number of morpholine rings is 1. The largest absolute Gasteiger partial charge is 0.434 e. The van der Waals surface area contributed by atoms with Gasteiger partial charge < -0.3 is 20.1 Å². The fraction of sp³-hybridized carbons (Fsp3) is 0.611. The van der Waals surface area contributed by atoms with E-state index in [0.717, 1.165) is 26.3 Å². The molecular weight excluding hydrogens is 361 g/mol. The van der Waals surface area contributed by atoms with Crippen molar-refractivity contribution in [3.63, 3.8) is 0 Å². The molecule has 152 valence electrons. The van der Waals surface area contributed by atoms with Crippen molar-refractivity contribution < 1.29 is 22.6 Å². The summed E-state index contributed by atoms with van der Waals surface area (Å²) in [6.45, 7) is 5.34. The second kappa shape index (κ2) is 11.0. The van der Waals surface area contributed by atoms with Crippen molar-refractivity contribution >= 4 is 5.96 Å². The van der Waals surface area contributed by atoms with Crippen LogP contribution in [0.5, 0.6) is 5.75 Å². The predicted molar refractivity (Wildman–Crippen MR) is 97.7 cm³/mol. The zero-order valence-electron chi connectivity index (χ0n) is 15.7. The van der Waals surface area contributed by atoms with Gasteiger partial charge in [-0.3, -0.25) is 4.90 Å². The lowest BCUT2D eigenvalue weighted by Crippen LogP contribution is -2.49. The third kappa shape index (κ3) is 6.91. The van der Waals surface area contributed by atoms with Crippen LogP contribution in [0.4, 0.5) is 13.2 Å². The van der Waals surface area contributed by atoms with Crippen LogP contribution < -0.4 is 15.4 Å². The van der Waals surface area contributed by atoms with E-state index in [4.69, 9.17) is 4.74 Å². The molecule has 0 bridgehead atoms. The summed E-state index contributed by atoms with van der Waals surface area (Å²) in [5.74, 6) is -0.343. The van der Waals surface area contributed by atoms with Gasteiger partial charge in [0.25, 0.3) is 0 Å². The number of hydrogen-bond donors (Lipinski definition) is 2. The van der Waals surface area contributed by atoms with Gasteiger partial charge in [0.05, 0.1) is 25.3 Å². The number of rotatable bonds is 8. The van der Waals surface area contributed by atoms with E-state index in [1.165, 1.54) is 18.2 Å². The Bertz CT molecular complexity index is 610. The summed E-state index contributed by atoms with van der Waals surface area (Å²) in [4.78, 5) is 6.63. The molecule has 1 atom stereocenters. The second-order valence-corrected chi connectivity index (χ2v) is 6.17. The van der Waals surface area contributed by atoms with Crippen molar-refractivity contribution in [1.82, 2.24) is 15.5 Å². The molecule has 0 amide bonds. The van der Waals surface area contributed by atoms with Gasteiger partial charge in [-0.15, -0.1) is 0 Å². The SMILES string of the molecule is CCNC(=NCc1c(F)cccc1OC(F)F)NCC(C)N1CCOCC1. The highest BCUT2D eigenvalue weighted by Gasteiger charge is 2.17. The zero-order valence-corrected chi connectivity index (χ0v) is 15.7. The standard InChI is InChI=1S/C18H27F3N4O2/c1-3-22-18(23-11-13(2)25-7-9-26-10-8-25)24-12-14-15(19)5-4-6-16(14)27-17(20)21/h4-6,13,17H,3,7-12H2,1-2H3,(H2,22,23,24). The fourth-order valence-electron chi connectivity index (χ4n) is 2.79. The van der Waals surface area contributed by atoms with E-state index >= 15 is 0 Å². The molecule has 1 aliphatic rings. The van der Waals surface area contributed by atoms with Gasteiger partial charge in [0, 0.05) is 32.2 Å². The molecule has 0 aliphatic carbocycles. The van der Waals surface area contributed by atoms with E-state index in [-0.39, 0.29) is 23.9 Å². The number of nitrogens with zero attached hydrogens (tertiary/aromatic N) is 2. The zero-order chi connectivity index (χ0) is 19.6. The molecule has 1 aromatic carbocycles. The van der Waals surface area contributed by atoms with E-state index in [1.54, 1.807) is 0 Å². The summed E-state index contributed by atoms with van der Waals surface area (Å²) in [6.07, 6.45) is 0. The number of aliphatic imine (C=N–C) groups is 1. The molecule has 27 heavy (non-hydrogen) atoms. The third-order valence-electron chi connectivity index (χ3n) is 4.27. The molecule has 0 spiro atoms. The first-order valence-corrected chi connectivity index (χ1v) is 9.07. The van der Waals surface area contributed by atoms with Crippen LogP contribution in [0.3, 0.4) is 0 Å². The van der Waals surface area contributed by atoms with E-state index in [0.29, 0.717) is 19.0 Å². The van der Waals surface area contributed by atoms with Crippen molar-refractivity contribution in [3.8, 4) is 5.75 Å². The third-order valence-corrected chi connectivity index (χ3v) is 4.27. The van der Waals surface area contributed by atoms with Crippen LogP contribution in [-0.2, 0) is 11.3 Å². The van der Waals surface area contributed by atoms with Gasteiger partial charge in [0.2, 0.25) is 0 Å². The topological polar surface area (TPSA) is 58.1 Å². The Labute approximate surface area is 157 Å². The highest BCUT2D eigenvalue weighted by molar-refractivity contribution is 5.79. The average molecular weight is 388 g/mol. The summed E-state index contributed by atoms with van der Waals surface area (Å²) < 4.78 is 48.8. The molecule has 1 aliphatic heterocycles. The Hall–Kier alpha value is -2.00. The Morgan fingerprint density at radius 2 is 2.04 bits per heavy atom. The van der Waals surface area contributed by atoms with Gasteiger partial charge in [-0.25, -0.2) is 9.38 Å². The quantitative estimate of drug-likeness (QED) is 0.528. The van der Waals surface area contributed by atoms with E-state index < -0.39 is 12.4 Å². The number of hydrogen-bond acceptors (Lipinski definition) is 4. The Balaban J connectivity index is 2.00. The maximum atomic E-state index is 14.0. The van der Waals surface area contributed by atoms with E-state index in [1.807, 2.05) is 6.92 Å². The molecule has 1 fully saturated rings. The van der Waals surface area contributed by atoms with Crippen molar-refractivity contribution in [2.45, 2.75) is 33.0 Å². The molecule has 1 heterocycles. The first kappa shape index (κ1) is 21.3. The number of nitrogens with one attached hydrogen (secondary N) is 2. The second-order valence-electron chi connectivity index (χ2n) is 6.17. The van der Waals surface area contributed by atoms with Crippen LogP contribution in [0, 0.1) is 5.82 Å². The van der Waals surface area contributed by atoms with Crippen LogP contribution >= 0.6 is 0 Å². The van der Waals surface area contributed by atoms with Crippen LogP contribution in [0.1, 0.15) is 19.4 Å².